The molecule has 8 nitrogen and oxygen atoms in total. The van der Waals surface area contributed by atoms with Gasteiger partial charge in [-0.1, -0.05) is 18.2 Å². The van der Waals surface area contributed by atoms with E-state index in [1.807, 2.05) is 0 Å². The summed E-state index contributed by atoms with van der Waals surface area (Å²) < 4.78 is 26.7. The van der Waals surface area contributed by atoms with Gasteiger partial charge in [0.15, 0.2) is 0 Å². The summed E-state index contributed by atoms with van der Waals surface area (Å²) in [5.41, 5.74) is 0.902. The highest BCUT2D eigenvalue weighted by Gasteiger charge is 2.34. The maximum Gasteiger partial charge on any atom is 0.261 e. The van der Waals surface area contributed by atoms with Crippen molar-refractivity contribution in [2.45, 2.75) is 0 Å². The largest absolute Gasteiger partial charge is 0.377 e. The molecule has 0 radical (unpaired) electrons. The fourth-order valence-corrected chi connectivity index (χ4v) is 2.64. The fourth-order valence-electron chi connectivity index (χ4n) is 2.64. The van der Waals surface area contributed by atoms with Crippen LogP contribution in [0, 0.1) is 0 Å². The van der Waals surface area contributed by atoms with Crippen LogP contribution in [-0.4, -0.2) is 89.3 Å². The Morgan fingerprint density at radius 3 is 1.55 bits per heavy atom. The van der Waals surface area contributed by atoms with Crippen LogP contribution in [0.25, 0.3) is 0 Å². The standard InChI is InChI=1S/C21H29NO7/c1-2-8-25-10-12-27-14-16-29-17-15-28-13-11-26-9-7-22-20(23)18-5-3-4-6-19(18)21(22)24/h2-6H,1,7-17H2. The topological polar surface area (TPSA) is 83.5 Å². The number of ether oxygens (including phenoxy) is 5. The number of hydrogen-bond acceptors (Lipinski definition) is 7. The fraction of sp³-hybridized carbons (Fsp3) is 0.524. The van der Waals surface area contributed by atoms with Crippen LogP contribution >= 0.6 is 0 Å². The number of nitrogens with zero attached hydrogens (tertiary/aromatic N) is 1. The third-order valence-corrected chi connectivity index (χ3v) is 4.06. The van der Waals surface area contributed by atoms with E-state index < -0.39 is 0 Å². The molecule has 0 bridgehead atoms. The quantitative estimate of drug-likeness (QED) is 0.220. The highest BCUT2D eigenvalue weighted by molar-refractivity contribution is 6.21. The summed E-state index contributed by atoms with van der Waals surface area (Å²) in [5, 5.41) is 0. The van der Waals surface area contributed by atoms with Gasteiger partial charge in [-0.25, -0.2) is 0 Å². The van der Waals surface area contributed by atoms with Crippen molar-refractivity contribution in [1.82, 2.24) is 4.90 Å². The predicted molar refractivity (Wildman–Crippen MR) is 106 cm³/mol. The van der Waals surface area contributed by atoms with Crippen LogP contribution < -0.4 is 0 Å². The van der Waals surface area contributed by atoms with E-state index in [4.69, 9.17) is 23.7 Å². The van der Waals surface area contributed by atoms with Gasteiger partial charge in [-0.15, -0.1) is 6.58 Å². The summed E-state index contributed by atoms with van der Waals surface area (Å²) in [5.74, 6) is -0.535. The molecule has 0 atom stereocenters. The lowest BCUT2D eigenvalue weighted by atomic mass is 10.1. The highest BCUT2D eigenvalue weighted by atomic mass is 16.6. The number of fused-ring (bicyclic) bond motifs is 1. The molecule has 0 aromatic heterocycles. The third-order valence-electron chi connectivity index (χ3n) is 4.06. The van der Waals surface area contributed by atoms with Gasteiger partial charge >= 0.3 is 0 Å². The first-order valence-electron chi connectivity index (χ1n) is 9.70. The average Bonchev–Trinajstić information content (AvgIpc) is 2.98. The van der Waals surface area contributed by atoms with E-state index in [2.05, 4.69) is 6.58 Å². The summed E-state index contributed by atoms with van der Waals surface area (Å²) in [4.78, 5) is 25.6. The molecule has 1 aliphatic rings. The number of hydrogen-bond donors (Lipinski definition) is 0. The van der Waals surface area contributed by atoms with Crippen molar-refractivity contribution in [2.24, 2.45) is 0 Å². The molecule has 0 N–H and O–H groups in total. The van der Waals surface area contributed by atoms with E-state index in [-0.39, 0.29) is 25.0 Å². The van der Waals surface area contributed by atoms with Crippen LogP contribution in [0.1, 0.15) is 20.7 Å². The zero-order valence-electron chi connectivity index (χ0n) is 16.7. The first-order chi connectivity index (χ1) is 14.3. The van der Waals surface area contributed by atoms with Crippen LogP contribution in [-0.2, 0) is 23.7 Å². The lowest BCUT2D eigenvalue weighted by molar-refractivity contribution is -0.0102. The predicted octanol–water partition coefficient (Wildman–Crippen LogP) is 1.55. The van der Waals surface area contributed by atoms with Crippen molar-refractivity contribution in [1.29, 1.82) is 0 Å². The number of imide groups is 1. The lowest BCUT2D eigenvalue weighted by Gasteiger charge is -2.13. The minimum Gasteiger partial charge on any atom is -0.377 e. The maximum absolute atomic E-state index is 12.2. The van der Waals surface area contributed by atoms with Crippen LogP contribution in [0.3, 0.4) is 0 Å². The van der Waals surface area contributed by atoms with Crippen LogP contribution in [0.5, 0.6) is 0 Å². The Morgan fingerprint density at radius 2 is 1.10 bits per heavy atom. The molecule has 0 fully saturated rings. The summed E-state index contributed by atoms with van der Waals surface area (Å²) >= 11 is 0. The van der Waals surface area contributed by atoms with Crippen LogP contribution in [0.2, 0.25) is 0 Å². The second-order valence-electron chi connectivity index (χ2n) is 6.12. The van der Waals surface area contributed by atoms with Crippen molar-refractivity contribution in [2.75, 3.05) is 72.6 Å². The molecular formula is C21H29NO7. The van der Waals surface area contributed by atoms with Gasteiger partial charge in [-0.05, 0) is 12.1 Å². The summed E-state index contributed by atoms with van der Waals surface area (Å²) in [6.07, 6.45) is 1.70. The average molecular weight is 407 g/mol. The minimum atomic E-state index is -0.268. The van der Waals surface area contributed by atoms with E-state index in [9.17, 15) is 9.59 Å². The third kappa shape index (κ3) is 8.04. The Morgan fingerprint density at radius 1 is 0.690 bits per heavy atom. The van der Waals surface area contributed by atoms with Gasteiger partial charge in [0.25, 0.3) is 11.8 Å². The lowest BCUT2D eigenvalue weighted by Crippen LogP contribution is -2.33. The molecule has 1 aromatic carbocycles. The van der Waals surface area contributed by atoms with Crippen molar-refractivity contribution in [3.05, 3.63) is 48.0 Å². The number of carbonyl (C=O) groups is 2. The Kier molecular flexibility index (Phi) is 11.2. The summed E-state index contributed by atoms with van der Waals surface area (Å²) in [6.45, 7) is 8.44. The molecule has 0 saturated heterocycles. The van der Waals surface area contributed by atoms with Gasteiger partial charge in [0, 0.05) is 0 Å². The number of amides is 2. The first-order valence-corrected chi connectivity index (χ1v) is 9.70. The molecule has 0 saturated carbocycles. The molecule has 0 unspecified atom stereocenters. The van der Waals surface area contributed by atoms with Crippen LogP contribution in [0.4, 0.5) is 0 Å². The number of carbonyl (C=O) groups excluding carboxylic acids is 2. The second-order valence-corrected chi connectivity index (χ2v) is 6.12. The second kappa shape index (κ2) is 14.0. The van der Waals surface area contributed by atoms with Crippen LogP contribution in [0.15, 0.2) is 36.9 Å². The Hall–Kier alpha value is -2.10. The van der Waals surface area contributed by atoms with E-state index >= 15 is 0 Å². The van der Waals surface area contributed by atoms with Gasteiger partial charge in [0.2, 0.25) is 0 Å². The zero-order valence-corrected chi connectivity index (χ0v) is 16.7. The zero-order chi connectivity index (χ0) is 20.7. The van der Waals surface area contributed by atoms with E-state index in [1.54, 1.807) is 30.3 Å². The molecule has 0 spiro atoms. The first kappa shape index (κ1) is 23.2. The molecule has 0 aliphatic carbocycles. The number of rotatable bonds is 17. The number of benzene rings is 1. The van der Waals surface area contributed by atoms with E-state index in [0.29, 0.717) is 70.6 Å². The maximum atomic E-state index is 12.2. The minimum absolute atomic E-state index is 0.230. The van der Waals surface area contributed by atoms with Gasteiger partial charge in [0.05, 0.1) is 83.7 Å². The van der Waals surface area contributed by atoms with Crippen molar-refractivity contribution < 1.29 is 33.3 Å². The molecule has 1 aliphatic heterocycles. The molecule has 2 amide bonds. The Balaban J connectivity index is 1.38. The van der Waals surface area contributed by atoms with Gasteiger partial charge < -0.3 is 23.7 Å². The summed E-state index contributed by atoms with van der Waals surface area (Å²) in [7, 11) is 0. The van der Waals surface area contributed by atoms with E-state index in [1.165, 1.54) is 4.90 Å². The molecule has 1 aromatic rings. The smallest absolute Gasteiger partial charge is 0.261 e. The monoisotopic (exact) mass is 407 g/mol. The van der Waals surface area contributed by atoms with E-state index in [0.717, 1.165) is 0 Å². The molecule has 29 heavy (non-hydrogen) atoms. The van der Waals surface area contributed by atoms with Gasteiger partial charge in [0.1, 0.15) is 0 Å². The molecule has 160 valence electrons. The molecule has 2 rings (SSSR count). The van der Waals surface area contributed by atoms with Crippen molar-refractivity contribution in [3.63, 3.8) is 0 Å². The van der Waals surface area contributed by atoms with Crippen molar-refractivity contribution in [3.8, 4) is 0 Å². The Labute approximate surface area is 171 Å². The van der Waals surface area contributed by atoms with Gasteiger partial charge in [-0.2, -0.15) is 0 Å². The normalized spacial score (nSPS) is 13.2. The van der Waals surface area contributed by atoms with Crippen molar-refractivity contribution >= 4 is 11.8 Å². The SMILES string of the molecule is C=CCOCCOCCOCCOCCOCCN1C(=O)c2ccccc2C1=O. The molecule has 8 heteroatoms. The van der Waals surface area contributed by atoms with Gasteiger partial charge in [-0.3, -0.25) is 14.5 Å². The highest BCUT2D eigenvalue weighted by Crippen LogP contribution is 2.21. The Bertz CT molecular complexity index is 615. The molecule has 1 heterocycles. The molecular weight excluding hydrogens is 378 g/mol. The summed E-state index contributed by atoms with van der Waals surface area (Å²) in [6, 6.07) is 6.83.